The molecule has 402 valence electrons. The van der Waals surface area contributed by atoms with Gasteiger partial charge in [-0.05, 0) is 109 Å². The van der Waals surface area contributed by atoms with E-state index in [4.69, 9.17) is 57.6 Å². The van der Waals surface area contributed by atoms with E-state index in [1.165, 1.54) is 21.3 Å². The number of methoxy groups -OCH3 is 6. The summed E-state index contributed by atoms with van der Waals surface area (Å²) in [6, 6.07) is 32.4. The molecule has 1 aliphatic heterocycles. The summed E-state index contributed by atoms with van der Waals surface area (Å²) in [4.78, 5) is 60.1. The molecule has 1 saturated heterocycles. The lowest BCUT2D eigenvalue weighted by atomic mass is 10.1. The van der Waals surface area contributed by atoms with Crippen LogP contribution in [-0.4, -0.2) is 150 Å². The fraction of sp³-hybridized carbons (Fsp3) is 0.300. The highest BCUT2D eigenvalue weighted by atomic mass is 16.7. The van der Waals surface area contributed by atoms with Crippen LogP contribution >= 0.6 is 0 Å². The van der Waals surface area contributed by atoms with Crippen molar-refractivity contribution in [1.29, 1.82) is 0 Å². The lowest BCUT2D eigenvalue weighted by Gasteiger charge is -2.25. The molecule has 0 unspecified atom stereocenters. The van der Waals surface area contributed by atoms with Crippen molar-refractivity contribution in [2.75, 3.05) is 102 Å². The summed E-state index contributed by atoms with van der Waals surface area (Å²) in [6.45, 7) is 4.95. The van der Waals surface area contributed by atoms with Gasteiger partial charge in [0.1, 0.15) is 34.3 Å². The van der Waals surface area contributed by atoms with Crippen LogP contribution in [0.3, 0.4) is 0 Å². The topological polar surface area (TPSA) is 183 Å². The molecule has 1 aliphatic rings. The van der Waals surface area contributed by atoms with E-state index in [9.17, 15) is 14.4 Å². The van der Waals surface area contributed by atoms with E-state index in [1.807, 2.05) is 54.6 Å². The molecular weight excluding hydrogens is 997 g/mol. The third-order valence-electron chi connectivity index (χ3n) is 11.8. The van der Waals surface area contributed by atoms with Crippen molar-refractivity contribution in [3.63, 3.8) is 0 Å². The van der Waals surface area contributed by atoms with Crippen LogP contribution in [-0.2, 0) is 48.1 Å². The third-order valence-corrected chi connectivity index (χ3v) is 11.8. The van der Waals surface area contributed by atoms with Gasteiger partial charge in [-0.2, -0.15) is 0 Å². The number of esters is 3. The molecule has 0 atom stereocenters. The van der Waals surface area contributed by atoms with Crippen LogP contribution in [0.25, 0.3) is 0 Å². The zero-order valence-electron chi connectivity index (χ0n) is 44.5. The first-order valence-electron chi connectivity index (χ1n) is 24.7. The minimum atomic E-state index is -0.589. The van der Waals surface area contributed by atoms with Gasteiger partial charge in [0, 0.05) is 114 Å². The number of benzene rings is 3. The molecule has 3 aromatic heterocycles. The summed E-state index contributed by atoms with van der Waals surface area (Å²) in [7, 11) is 8.61. The molecule has 7 rings (SSSR count). The Hall–Kier alpha value is -8.64. The van der Waals surface area contributed by atoms with Crippen LogP contribution in [0.5, 0.6) is 17.2 Å². The maximum atomic E-state index is 13.0. The highest BCUT2D eigenvalue weighted by Gasteiger charge is 2.22. The SMILES string of the molecule is COCOc1ccc(C#Cc2cc(CN3CCN(Cc4cc(C#Cc5ccc(OCOC)cc5)cc(C(=O)OC)n4)CCN(Cc4cc(C#Cc5ccc(OCOC)cc5)cc(C(=O)OC)n4)CC3)nc(C(=O)OC)c2)cc1. The van der Waals surface area contributed by atoms with Gasteiger partial charge in [-0.3, -0.25) is 14.7 Å². The van der Waals surface area contributed by atoms with Crippen molar-refractivity contribution in [1.82, 2.24) is 29.7 Å². The van der Waals surface area contributed by atoms with Crippen molar-refractivity contribution < 1.29 is 57.0 Å². The van der Waals surface area contributed by atoms with Gasteiger partial charge in [0.2, 0.25) is 0 Å². The van der Waals surface area contributed by atoms with Gasteiger partial charge in [0.05, 0.1) is 38.4 Å². The Morgan fingerprint density at radius 2 is 0.615 bits per heavy atom. The lowest BCUT2D eigenvalue weighted by Crippen LogP contribution is -2.36. The Balaban J connectivity index is 1.19. The molecule has 0 spiro atoms. The van der Waals surface area contributed by atoms with Crippen molar-refractivity contribution in [2.45, 2.75) is 19.6 Å². The second kappa shape index (κ2) is 29.6. The normalized spacial score (nSPS) is 12.8. The van der Waals surface area contributed by atoms with E-state index in [0.29, 0.717) is 110 Å². The Morgan fingerprint density at radius 3 is 0.846 bits per heavy atom. The van der Waals surface area contributed by atoms with Crippen LogP contribution in [0.4, 0.5) is 0 Å². The quantitative estimate of drug-likeness (QED) is 0.0410. The van der Waals surface area contributed by atoms with Crippen molar-refractivity contribution in [3.05, 3.63) is 177 Å². The fourth-order valence-electron chi connectivity index (χ4n) is 7.91. The van der Waals surface area contributed by atoms with Crippen molar-refractivity contribution in [3.8, 4) is 52.8 Å². The maximum absolute atomic E-state index is 13.0. The minimum Gasteiger partial charge on any atom is -0.468 e. The van der Waals surface area contributed by atoms with Crippen LogP contribution in [0, 0.1) is 35.5 Å². The molecule has 3 aromatic carbocycles. The smallest absolute Gasteiger partial charge is 0.356 e. The number of ether oxygens (including phenoxy) is 9. The van der Waals surface area contributed by atoms with Crippen LogP contribution in [0.1, 0.15) is 81.9 Å². The summed E-state index contributed by atoms with van der Waals surface area (Å²) < 4.78 is 46.9. The maximum Gasteiger partial charge on any atom is 0.356 e. The van der Waals surface area contributed by atoms with Gasteiger partial charge >= 0.3 is 17.9 Å². The minimum absolute atomic E-state index is 0.125. The number of hydrogen-bond donors (Lipinski definition) is 0. The molecule has 6 aromatic rings. The number of nitrogens with zero attached hydrogens (tertiary/aromatic N) is 6. The van der Waals surface area contributed by atoms with Crippen molar-refractivity contribution >= 4 is 17.9 Å². The molecule has 0 bridgehead atoms. The van der Waals surface area contributed by atoms with Gasteiger partial charge in [-0.25, -0.2) is 29.3 Å². The van der Waals surface area contributed by atoms with Crippen LogP contribution in [0.15, 0.2) is 109 Å². The second-order valence-corrected chi connectivity index (χ2v) is 17.5. The van der Waals surface area contributed by atoms with E-state index in [2.05, 4.69) is 50.2 Å². The van der Waals surface area contributed by atoms with Gasteiger partial charge < -0.3 is 42.6 Å². The first kappa shape index (κ1) is 57.1. The zero-order chi connectivity index (χ0) is 55.1. The van der Waals surface area contributed by atoms with E-state index >= 15 is 0 Å². The molecule has 0 saturated carbocycles. The average Bonchev–Trinajstić information content (AvgIpc) is 3.58. The first-order valence-corrected chi connectivity index (χ1v) is 24.7. The van der Waals surface area contributed by atoms with E-state index in [1.54, 1.807) is 75.9 Å². The monoisotopic (exact) mass is 1060 g/mol. The van der Waals surface area contributed by atoms with Gasteiger partial charge in [0.25, 0.3) is 0 Å². The first-order chi connectivity index (χ1) is 38.0. The zero-order valence-corrected chi connectivity index (χ0v) is 44.5. The number of carbonyl (C=O) groups is 3. The van der Waals surface area contributed by atoms with Crippen molar-refractivity contribution in [2.24, 2.45) is 0 Å². The summed E-state index contributed by atoms with van der Waals surface area (Å²) >= 11 is 0. The molecule has 0 amide bonds. The number of aromatic nitrogens is 3. The summed E-state index contributed by atoms with van der Waals surface area (Å²) in [5.74, 6) is 19.3. The van der Waals surface area contributed by atoms with Crippen LogP contribution in [0.2, 0.25) is 0 Å². The Kier molecular flexibility index (Phi) is 21.7. The third kappa shape index (κ3) is 17.7. The Morgan fingerprint density at radius 1 is 0.372 bits per heavy atom. The van der Waals surface area contributed by atoms with Gasteiger partial charge in [0.15, 0.2) is 20.4 Å². The molecular formula is C60H60N6O12. The summed E-state index contributed by atoms with van der Waals surface area (Å²) in [5.41, 5.74) is 6.20. The Bertz CT molecular complexity index is 2840. The molecule has 78 heavy (non-hydrogen) atoms. The highest BCUT2D eigenvalue weighted by Crippen LogP contribution is 2.19. The fourth-order valence-corrected chi connectivity index (χ4v) is 7.91. The molecule has 18 heteroatoms. The van der Waals surface area contributed by atoms with E-state index < -0.39 is 17.9 Å². The predicted molar refractivity (Wildman–Crippen MR) is 287 cm³/mol. The second-order valence-electron chi connectivity index (χ2n) is 17.5. The number of carbonyl (C=O) groups excluding carboxylic acids is 3. The molecule has 0 aliphatic carbocycles. The molecule has 1 fully saturated rings. The van der Waals surface area contributed by atoms with E-state index in [-0.39, 0.29) is 37.5 Å². The standard InChI is InChI=1S/C60H60N6O12/c1-70-40-76-52-19-13-43(14-20-52)7-10-46-31-49(61-55(34-46)58(67)73-4)37-64-25-27-65(38-50-32-47(35-56(62-50)59(68)74-5)11-8-44-15-21-53(22-16-44)77-41-71-2)29-30-66(28-26-64)39-51-33-48(36-57(63-51)60(69)75-6)12-9-45-17-23-54(24-18-45)78-42-72-3/h13-24,31-36H,25-30,37-42H2,1-6H3. The predicted octanol–water partition coefficient (Wildman–Crippen LogP) is 6.20. The highest BCUT2D eigenvalue weighted by molar-refractivity contribution is 5.88. The average molecular weight is 1060 g/mol. The molecule has 4 heterocycles. The van der Waals surface area contributed by atoms with Gasteiger partial charge in [-0.1, -0.05) is 35.5 Å². The Labute approximate surface area is 454 Å². The molecule has 0 N–H and O–H groups in total. The lowest BCUT2D eigenvalue weighted by molar-refractivity contribution is 0.0509. The number of rotatable bonds is 18. The summed E-state index contributed by atoms with van der Waals surface area (Å²) in [5, 5.41) is 0. The summed E-state index contributed by atoms with van der Waals surface area (Å²) in [6.07, 6.45) is 0. The number of pyridine rings is 3. The molecule has 18 nitrogen and oxygen atoms in total. The largest absolute Gasteiger partial charge is 0.468 e. The van der Waals surface area contributed by atoms with E-state index in [0.717, 1.165) is 16.7 Å². The molecule has 0 radical (unpaired) electrons. The van der Waals surface area contributed by atoms with Gasteiger partial charge in [-0.15, -0.1) is 0 Å². The number of hydrogen-bond acceptors (Lipinski definition) is 18. The van der Waals surface area contributed by atoms with Crippen LogP contribution < -0.4 is 14.2 Å².